The van der Waals surface area contributed by atoms with Crippen LogP contribution in [0.4, 0.5) is 16.0 Å². The number of H-pyrrole nitrogens is 1. The van der Waals surface area contributed by atoms with Crippen molar-refractivity contribution in [2.75, 3.05) is 18.1 Å². The second-order valence-corrected chi connectivity index (χ2v) is 6.78. The number of nitrogens with zero attached hydrogens (tertiary/aromatic N) is 3. The van der Waals surface area contributed by atoms with Crippen molar-refractivity contribution in [3.8, 4) is 11.8 Å². The van der Waals surface area contributed by atoms with Crippen LogP contribution in [0.5, 0.6) is 11.8 Å². The Hall–Kier alpha value is -3.42. The number of hydrogen-bond donors (Lipinski definition) is 3. The Balaban J connectivity index is 1.57. The third kappa shape index (κ3) is 3.95. The average molecular weight is 380 g/mol. The molecule has 28 heavy (non-hydrogen) atoms. The quantitative estimate of drug-likeness (QED) is 0.455. The number of anilines is 2. The number of amidine groups is 1. The topological polar surface area (TPSA) is 101 Å². The Labute approximate surface area is 161 Å². The third-order valence-corrected chi connectivity index (χ3v) is 4.41. The molecular weight excluding hydrogens is 359 g/mol. The largest absolute Gasteiger partial charge is 0.421 e. The van der Waals surface area contributed by atoms with E-state index in [4.69, 9.17) is 10.5 Å². The average Bonchev–Trinajstić information content (AvgIpc) is 3.40. The molecule has 1 aliphatic rings. The van der Waals surface area contributed by atoms with Gasteiger partial charge in [0.1, 0.15) is 17.5 Å². The minimum absolute atomic E-state index is 0.0288. The van der Waals surface area contributed by atoms with Gasteiger partial charge in [-0.25, -0.2) is 4.39 Å². The molecule has 3 aromatic rings. The fourth-order valence-corrected chi connectivity index (χ4v) is 2.84. The first-order valence-electron chi connectivity index (χ1n) is 9.04. The number of allylic oxidation sites excluding steroid dienone is 1. The van der Waals surface area contributed by atoms with Gasteiger partial charge in [0, 0.05) is 29.7 Å². The van der Waals surface area contributed by atoms with Crippen LogP contribution in [0.1, 0.15) is 18.5 Å². The highest BCUT2D eigenvalue weighted by Gasteiger charge is 2.17. The maximum atomic E-state index is 14.7. The summed E-state index contributed by atoms with van der Waals surface area (Å²) in [7, 11) is 1.69. The lowest BCUT2D eigenvalue weighted by molar-refractivity contribution is 0.415. The molecule has 0 spiro atoms. The number of halogens is 1. The minimum Gasteiger partial charge on any atom is -0.421 e. The van der Waals surface area contributed by atoms with Crippen LogP contribution in [-0.4, -0.2) is 27.8 Å². The van der Waals surface area contributed by atoms with Crippen LogP contribution < -0.4 is 15.8 Å². The van der Waals surface area contributed by atoms with Crippen molar-refractivity contribution in [1.29, 1.82) is 0 Å². The Morgan fingerprint density at radius 1 is 1.36 bits per heavy atom. The number of rotatable bonds is 5. The van der Waals surface area contributed by atoms with Crippen molar-refractivity contribution in [3.63, 3.8) is 0 Å². The number of ether oxygens (including phenoxy) is 1. The molecule has 7 nitrogen and oxygen atoms in total. The molecule has 0 bridgehead atoms. The molecule has 0 radical (unpaired) electrons. The molecule has 8 heteroatoms. The van der Waals surface area contributed by atoms with Crippen LogP contribution in [0.2, 0.25) is 0 Å². The van der Waals surface area contributed by atoms with Gasteiger partial charge in [-0.1, -0.05) is 6.08 Å². The van der Waals surface area contributed by atoms with E-state index in [0.29, 0.717) is 28.5 Å². The first-order chi connectivity index (χ1) is 13.5. The Bertz CT molecular complexity index is 1080. The predicted octanol–water partition coefficient (Wildman–Crippen LogP) is 4.19. The van der Waals surface area contributed by atoms with Gasteiger partial charge in [0.15, 0.2) is 11.6 Å². The number of hydrogen-bond acceptors (Lipinski definition) is 5. The second kappa shape index (κ2) is 7.30. The van der Waals surface area contributed by atoms with Gasteiger partial charge < -0.3 is 20.8 Å². The van der Waals surface area contributed by atoms with Crippen LogP contribution in [0, 0.1) is 18.7 Å². The zero-order valence-corrected chi connectivity index (χ0v) is 15.7. The molecule has 0 saturated heterocycles. The molecule has 2 aromatic heterocycles. The van der Waals surface area contributed by atoms with E-state index in [9.17, 15) is 4.39 Å². The number of nitrogen functional groups attached to an aromatic ring is 1. The van der Waals surface area contributed by atoms with Crippen LogP contribution in [0.25, 0.3) is 10.9 Å². The van der Waals surface area contributed by atoms with E-state index in [1.165, 1.54) is 18.9 Å². The summed E-state index contributed by atoms with van der Waals surface area (Å²) >= 11 is 0. The molecule has 2 heterocycles. The van der Waals surface area contributed by atoms with Crippen LogP contribution >= 0.6 is 0 Å². The molecule has 0 aliphatic heterocycles. The van der Waals surface area contributed by atoms with Crippen molar-refractivity contribution in [3.05, 3.63) is 47.9 Å². The van der Waals surface area contributed by atoms with E-state index in [1.54, 1.807) is 25.2 Å². The molecular formula is C20H21FN6O. The number of fused-ring (bicyclic) bond motifs is 1. The number of benzene rings is 1. The maximum absolute atomic E-state index is 14.7. The smallest absolute Gasteiger partial charge is 0.326 e. The normalized spacial score (nSPS) is 14.8. The van der Waals surface area contributed by atoms with Gasteiger partial charge in [-0.3, -0.25) is 4.99 Å². The fourth-order valence-electron chi connectivity index (χ4n) is 2.84. The predicted molar refractivity (Wildman–Crippen MR) is 108 cm³/mol. The Kier molecular flexibility index (Phi) is 4.68. The molecule has 1 saturated carbocycles. The summed E-state index contributed by atoms with van der Waals surface area (Å²) in [4.78, 5) is 15.6. The van der Waals surface area contributed by atoms with Crippen molar-refractivity contribution in [2.45, 2.75) is 19.8 Å². The number of nitrogens with one attached hydrogen (secondary N) is 2. The van der Waals surface area contributed by atoms with Crippen molar-refractivity contribution < 1.29 is 9.13 Å². The third-order valence-electron chi connectivity index (χ3n) is 4.41. The molecule has 1 aromatic carbocycles. The lowest BCUT2D eigenvalue weighted by atomic mass is 10.2. The lowest BCUT2D eigenvalue weighted by Crippen LogP contribution is -2.11. The zero-order chi connectivity index (χ0) is 19.7. The van der Waals surface area contributed by atoms with E-state index < -0.39 is 5.82 Å². The van der Waals surface area contributed by atoms with Gasteiger partial charge in [-0.2, -0.15) is 9.97 Å². The van der Waals surface area contributed by atoms with Gasteiger partial charge >= 0.3 is 6.01 Å². The Morgan fingerprint density at radius 2 is 2.18 bits per heavy atom. The first-order valence-corrected chi connectivity index (χ1v) is 9.04. The molecule has 0 amide bonds. The molecule has 0 atom stereocenters. The highest BCUT2D eigenvalue weighted by molar-refractivity contribution is 6.03. The SMILES string of the molecule is CN=C(C=CC1CC1)Nc1cc(N)nc(Oc2ccc3[nH]c(C)cc3c2F)n1. The molecule has 1 aliphatic carbocycles. The second-order valence-electron chi connectivity index (χ2n) is 6.78. The highest BCUT2D eigenvalue weighted by atomic mass is 19.1. The summed E-state index contributed by atoms with van der Waals surface area (Å²) < 4.78 is 20.3. The first kappa shape index (κ1) is 18.0. The van der Waals surface area contributed by atoms with Gasteiger partial charge in [0.05, 0.1) is 0 Å². The molecule has 0 unspecified atom stereocenters. The number of aliphatic imine (C=N–C) groups is 1. The van der Waals surface area contributed by atoms with Crippen LogP contribution in [0.15, 0.2) is 41.4 Å². The standard InChI is InChI=1S/C20H21FN6O/c1-11-9-13-14(24-11)6-7-15(19(13)21)28-20-25-16(22)10-18(27-20)26-17(23-2)8-5-12-3-4-12/h5-10,12,24H,3-4H2,1-2H3,(H3,22,23,25,26,27). The summed E-state index contributed by atoms with van der Waals surface area (Å²) in [6.07, 6.45) is 6.45. The van der Waals surface area contributed by atoms with Crippen molar-refractivity contribution >= 4 is 28.4 Å². The van der Waals surface area contributed by atoms with Gasteiger partial charge in [-0.05, 0) is 50.0 Å². The number of aromatic amines is 1. The summed E-state index contributed by atoms with van der Waals surface area (Å²) in [5, 5.41) is 3.53. The summed E-state index contributed by atoms with van der Waals surface area (Å²) in [5.74, 6) is 1.44. The van der Waals surface area contributed by atoms with E-state index in [1.807, 2.05) is 13.0 Å². The maximum Gasteiger partial charge on any atom is 0.326 e. The molecule has 4 rings (SSSR count). The summed E-state index contributed by atoms with van der Waals surface area (Å²) in [6.45, 7) is 1.86. The monoisotopic (exact) mass is 380 g/mol. The zero-order valence-electron chi connectivity index (χ0n) is 15.7. The fraction of sp³-hybridized carbons (Fsp3) is 0.250. The van der Waals surface area contributed by atoms with E-state index in [-0.39, 0.29) is 17.6 Å². The minimum atomic E-state index is -0.481. The van der Waals surface area contributed by atoms with Crippen LogP contribution in [0.3, 0.4) is 0 Å². The van der Waals surface area contributed by atoms with Crippen molar-refractivity contribution in [2.24, 2.45) is 10.9 Å². The van der Waals surface area contributed by atoms with Gasteiger partial charge in [0.25, 0.3) is 0 Å². The number of nitrogens with two attached hydrogens (primary N) is 1. The molecule has 4 N–H and O–H groups in total. The number of aromatic nitrogens is 3. The van der Waals surface area contributed by atoms with Crippen molar-refractivity contribution in [1.82, 2.24) is 15.0 Å². The van der Waals surface area contributed by atoms with E-state index in [2.05, 4.69) is 31.3 Å². The molecule has 1 fully saturated rings. The Morgan fingerprint density at radius 3 is 2.93 bits per heavy atom. The highest BCUT2D eigenvalue weighted by Crippen LogP contribution is 2.31. The van der Waals surface area contributed by atoms with Gasteiger partial charge in [0.2, 0.25) is 0 Å². The summed E-state index contributed by atoms with van der Waals surface area (Å²) in [5.41, 5.74) is 7.43. The number of aryl methyl sites for hydroxylation is 1. The van der Waals surface area contributed by atoms with Crippen LogP contribution in [-0.2, 0) is 0 Å². The lowest BCUT2D eigenvalue weighted by Gasteiger charge is -2.10. The van der Waals surface area contributed by atoms with Gasteiger partial charge in [-0.15, -0.1) is 0 Å². The molecule has 144 valence electrons. The van der Waals surface area contributed by atoms with E-state index >= 15 is 0 Å². The van der Waals surface area contributed by atoms with E-state index in [0.717, 1.165) is 5.69 Å². The summed E-state index contributed by atoms with van der Waals surface area (Å²) in [6, 6.07) is 6.52.